The Balaban J connectivity index is 1.58. The first-order valence-electron chi connectivity index (χ1n) is 8.53. The van der Waals surface area contributed by atoms with Gasteiger partial charge in [0.15, 0.2) is 9.84 Å². The fraction of sp³-hybridized carbons (Fsp3) is 0.263. The van der Waals surface area contributed by atoms with Gasteiger partial charge in [-0.2, -0.15) is 0 Å². The van der Waals surface area contributed by atoms with Crippen molar-refractivity contribution in [2.24, 2.45) is 0 Å². The first kappa shape index (κ1) is 18.2. The van der Waals surface area contributed by atoms with Crippen molar-refractivity contribution in [1.82, 2.24) is 9.97 Å². The lowest BCUT2D eigenvalue weighted by atomic mass is 10.2. The second-order valence-electron chi connectivity index (χ2n) is 6.65. The zero-order valence-electron chi connectivity index (χ0n) is 14.6. The Bertz CT molecular complexity index is 1110. The van der Waals surface area contributed by atoms with Gasteiger partial charge >= 0.3 is 0 Å². The third-order valence-corrected chi connectivity index (χ3v) is 6.06. The fourth-order valence-corrected chi connectivity index (χ4v) is 3.88. The summed E-state index contributed by atoms with van der Waals surface area (Å²) < 4.78 is 30.1. The van der Waals surface area contributed by atoms with Gasteiger partial charge in [0.2, 0.25) is 0 Å². The van der Waals surface area contributed by atoms with E-state index >= 15 is 0 Å². The number of nitrogens with one attached hydrogen (secondary N) is 1. The van der Waals surface area contributed by atoms with Crippen LogP contribution in [-0.2, 0) is 16.4 Å². The number of hydrogen-bond donors (Lipinski definition) is 1. The fourth-order valence-electron chi connectivity index (χ4n) is 2.73. The predicted molar refractivity (Wildman–Crippen MR) is 108 cm³/mol. The van der Waals surface area contributed by atoms with Crippen LogP contribution < -0.4 is 10.1 Å². The molecule has 2 aromatic carbocycles. The van der Waals surface area contributed by atoms with E-state index < -0.39 is 9.84 Å². The summed E-state index contributed by atoms with van der Waals surface area (Å²) in [6.07, 6.45) is 5.07. The number of nitrogens with zero attached hydrogens (tertiary/aromatic N) is 2. The highest BCUT2D eigenvalue weighted by Crippen LogP contribution is 2.34. The van der Waals surface area contributed by atoms with Gasteiger partial charge in [0.1, 0.15) is 24.5 Å². The van der Waals surface area contributed by atoms with E-state index in [1.807, 2.05) is 18.2 Å². The van der Waals surface area contributed by atoms with E-state index in [0.717, 1.165) is 26.8 Å². The van der Waals surface area contributed by atoms with Gasteiger partial charge in [-0.15, -0.1) is 0 Å². The molecule has 1 aliphatic carbocycles. The Morgan fingerprint density at radius 2 is 2.04 bits per heavy atom. The number of ether oxygens (including phenoxy) is 1. The average Bonchev–Trinajstić information content (AvgIpc) is 3.44. The molecule has 1 saturated carbocycles. The third-order valence-electron chi connectivity index (χ3n) is 4.33. The molecule has 4 rings (SSSR count). The SMILES string of the molecule is CS(=O)(=O)c1cccc(COc2cc3ncnc(NC4CC4)c3cc2Br)c1. The minimum atomic E-state index is -3.24. The highest BCUT2D eigenvalue weighted by molar-refractivity contribution is 9.10. The van der Waals surface area contributed by atoms with Crippen LogP contribution in [-0.4, -0.2) is 30.7 Å². The Morgan fingerprint density at radius 1 is 1.22 bits per heavy atom. The van der Waals surface area contributed by atoms with Crippen molar-refractivity contribution in [1.29, 1.82) is 0 Å². The lowest BCUT2D eigenvalue weighted by Gasteiger charge is -2.12. The van der Waals surface area contributed by atoms with Crippen molar-refractivity contribution >= 4 is 42.5 Å². The van der Waals surface area contributed by atoms with Crippen LogP contribution >= 0.6 is 15.9 Å². The summed E-state index contributed by atoms with van der Waals surface area (Å²) in [6, 6.07) is 11.1. The number of anilines is 1. The quantitative estimate of drug-likeness (QED) is 0.615. The Labute approximate surface area is 166 Å². The summed E-state index contributed by atoms with van der Waals surface area (Å²) in [7, 11) is -3.24. The molecule has 0 atom stereocenters. The Kier molecular flexibility index (Phi) is 4.77. The Hall–Kier alpha value is -2.19. The summed E-state index contributed by atoms with van der Waals surface area (Å²) in [4.78, 5) is 8.97. The summed E-state index contributed by atoms with van der Waals surface area (Å²) in [5, 5.41) is 4.35. The summed E-state index contributed by atoms with van der Waals surface area (Å²) in [5.74, 6) is 1.47. The molecule has 3 aromatic rings. The van der Waals surface area contributed by atoms with Gasteiger partial charge in [-0.05, 0) is 52.5 Å². The van der Waals surface area contributed by atoms with Gasteiger partial charge in [0, 0.05) is 23.8 Å². The van der Waals surface area contributed by atoms with Crippen LogP contribution in [0.25, 0.3) is 10.9 Å². The van der Waals surface area contributed by atoms with E-state index in [1.165, 1.54) is 19.1 Å². The molecular weight excluding hydrogens is 430 g/mol. The number of fused-ring (bicyclic) bond motifs is 1. The summed E-state index contributed by atoms with van der Waals surface area (Å²) >= 11 is 3.55. The maximum Gasteiger partial charge on any atom is 0.175 e. The van der Waals surface area contributed by atoms with Crippen LogP contribution in [0.15, 0.2) is 52.1 Å². The standard InChI is InChI=1S/C19H18BrN3O3S/c1-27(24,25)14-4-2-3-12(7-14)10-26-18-9-17-15(8-16(18)20)19(22-11-21-17)23-13-5-6-13/h2-4,7-9,11,13H,5-6,10H2,1H3,(H,21,22,23). The molecule has 0 amide bonds. The maximum absolute atomic E-state index is 11.7. The second-order valence-corrected chi connectivity index (χ2v) is 9.52. The minimum Gasteiger partial charge on any atom is -0.488 e. The maximum atomic E-state index is 11.7. The number of aromatic nitrogens is 2. The van der Waals surface area contributed by atoms with Crippen LogP contribution in [0, 0.1) is 0 Å². The number of sulfone groups is 1. The largest absolute Gasteiger partial charge is 0.488 e. The smallest absolute Gasteiger partial charge is 0.175 e. The molecule has 8 heteroatoms. The van der Waals surface area contributed by atoms with Crippen molar-refractivity contribution < 1.29 is 13.2 Å². The van der Waals surface area contributed by atoms with E-state index in [4.69, 9.17) is 4.74 Å². The molecule has 0 spiro atoms. The highest BCUT2D eigenvalue weighted by atomic mass is 79.9. The molecule has 140 valence electrons. The first-order chi connectivity index (χ1) is 12.9. The summed E-state index contributed by atoms with van der Waals surface area (Å²) in [5.41, 5.74) is 1.57. The molecule has 1 aliphatic rings. The van der Waals surface area contributed by atoms with Crippen LogP contribution in [0.5, 0.6) is 5.75 Å². The van der Waals surface area contributed by atoms with E-state index in [-0.39, 0.29) is 11.5 Å². The Morgan fingerprint density at radius 3 is 2.78 bits per heavy atom. The number of hydrogen-bond acceptors (Lipinski definition) is 6. The van der Waals surface area contributed by atoms with Crippen molar-refractivity contribution in [3.05, 3.63) is 52.8 Å². The van der Waals surface area contributed by atoms with Gasteiger partial charge in [0.05, 0.1) is 14.9 Å². The van der Waals surface area contributed by atoms with Crippen molar-refractivity contribution in [2.45, 2.75) is 30.4 Å². The topological polar surface area (TPSA) is 81.2 Å². The third kappa shape index (κ3) is 4.22. The number of rotatable bonds is 6. The normalized spacial score (nSPS) is 14.3. The van der Waals surface area contributed by atoms with Crippen LogP contribution in [0.3, 0.4) is 0 Å². The van der Waals surface area contributed by atoms with E-state index in [1.54, 1.807) is 24.5 Å². The van der Waals surface area contributed by atoms with E-state index in [9.17, 15) is 8.42 Å². The molecule has 0 radical (unpaired) electrons. The van der Waals surface area contributed by atoms with Crippen LogP contribution in [0.2, 0.25) is 0 Å². The molecule has 6 nitrogen and oxygen atoms in total. The monoisotopic (exact) mass is 447 g/mol. The molecule has 1 fully saturated rings. The molecule has 0 bridgehead atoms. The highest BCUT2D eigenvalue weighted by Gasteiger charge is 2.22. The van der Waals surface area contributed by atoms with Crippen LogP contribution in [0.4, 0.5) is 5.82 Å². The molecule has 0 aliphatic heterocycles. The lowest BCUT2D eigenvalue weighted by molar-refractivity contribution is 0.304. The zero-order chi connectivity index (χ0) is 19.0. The van der Waals surface area contributed by atoms with E-state index in [0.29, 0.717) is 11.8 Å². The first-order valence-corrected chi connectivity index (χ1v) is 11.2. The zero-order valence-corrected chi connectivity index (χ0v) is 17.0. The van der Waals surface area contributed by atoms with Crippen molar-refractivity contribution in [2.75, 3.05) is 11.6 Å². The molecule has 0 saturated heterocycles. The molecular formula is C19H18BrN3O3S. The average molecular weight is 448 g/mol. The second kappa shape index (κ2) is 7.09. The van der Waals surface area contributed by atoms with Crippen molar-refractivity contribution in [3.8, 4) is 5.75 Å². The van der Waals surface area contributed by atoms with Gasteiger partial charge in [-0.1, -0.05) is 12.1 Å². The van der Waals surface area contributed by atoms with Gasteiger partial charge in [-0.25, -0.2) is 18.4 Å². The van der Waals surface area contributed by atoms with Crippen LogP contribution in [0.1, 0.15) is 18.4 Å². The van der Waals surface area contributed by atoms with Gasteiger partial charge in [-0.3, -0.25) is 0 Å². The number of benzene rings is 2. The predicted octanol–water partition coefficient (Wildman–Crippen LogP) is 3.95. The number of halogens is 1. The molecule has 27 heavy (non-hydrogen) atoms. The van der Waals surface area contributed by atoms with Gasteiger partial charge in [0.25, 0.3) is 0 Å². The minimum absolute atomic E-state index is 0.256. The van der Waals surface area contributed by atoms with Crippen molar-refractivity contribution in [3.63, 3.8) is 0 Å². The molecule has 0 unspecified atom stereocenters. The van der Waals surface area contributed by atoms with E-state index in [2.05, 4.69) is 31.2 Å². The summed E-state index contributed by atoms with van der Waals surface area (Å²) in [6.45, 7) is 0.256. The molecule has 1 heterocycles. The lowest BCUT2D eigenvalue weighted by Crippen LogP contribution is -2.04. The molecule has 1 N–H and O–H groups in total. The van der Waals surface area contributed by atoms with Gasteiger partial charge < -0.3 is 10.1 Å². The molecule has 1 aromatic heterocycles.